The molecule has 0 aromatic carbocycles. The number of aromatic nitrogens is 1. The lowest BCUT2D eigenvalue weighted by Crippen LogP contribution is -2.16. The van der Waals surface area contributed by atoms with Crippen LogP contribution < -0.4 is 5.56 Å². The molecule has 16 heavy (non-hydrogen) atoms. The minimum absolute atomic E-state index is 0.465. The van der Waals surface area contributed by atoms with Crippen molar-refractivity contribution in [3.63, 3.8) is 0 Å². The first kappa shape index (κ1) is 12.6. The predicted octanol–water partition coefficient (Wildman–Crippen LogP) is 1.11. The molecule has 0 amide bonds. The van der Waals surface area contributed by atoms with Crippen LogP contribution in [0.1, 0.15) is 17.7 Å². The van der Waals surface area contributed by atoms with E-state index in [-0.39, 0.29) is 0 Å². The summed E-state index contributed by atoms with van der Waals surface area (Å²) in [6, 6.07) is 1.75. The van der Waals surface area contributed by atoms with Gasteiger partial charge in [-0.05, 0) is 6.07 Å². The second kappa shape index (κ2) is 4.19. The summed E-state index contributed by atoms with van der Waals surface area (Å²) >= 11 is 0. The van der Waals surface area contributed by atoms with E-state index >= 15 is 0 Å². The molecule has 0 radical (unpaired) electrons. The molecule has 0 saturated heterocycles. The van der Waals surface area contributed by atoms with E-state index < -0.39 is 37.2 Å². The second-order valence-corrected chi connectivity index (χ2v) is 5.18. The molecule has 5 nitrogen and oxygen atoms in total. The number of nitrogens with one attached hydrogen (secondary N) is 1. The highest BCUT2D eigenvalue weighted by atomic mass is 35.7. The fourth-order valence-electron chi connectivity index (χ4n) is 0.971. The second-order valence-electron chi connectivity index (χ2n) is 2.64. The summed E-state index contributed by atoms with van der Waals surface area (Å²) in [6.07, 6.45) is -3.07. The Morgan fingerprint density at radius 2 is 2.06 bits per heavy atom. The fourth-order valence-corrected chi connectivity index (χ4v) is 1.99. The maximum absolute atomic E-state index is 12.3. The van der Waals surface area contributed by atoms with Crippen molar-refractivity contribution in [1.29, 1.82) is 5.26 Å². The highest BCUT2D eigenvalue weighted by Gasteiger charge is 2.22. The Balaban J connectivity index is 3.72. The molecule has 1 aromatic heterocycles. The number of halogens is 3. The van der Waals surface area contributed by atoms with Crippen LogP contribution in [0, 0.1) is 11.3 Å². The third-order valence-corrected chi connectivity index (χ3v) is 2.97. The molecule has 0 fully saturated rings. The summed E-state index contributed by atoms with van der Waals surface area (Å²) in [5, 5.41) is 8.51. The van der Waals surface area contributed by atoms with Gasteiger partial charge in [0.15, 0.2) is 0 Å². The number of rotatable bonds is 2. The Hall–Kier alpha value is -1.46. The van der Waals surface area contributed by atoms with Crippen LogP contribution in [0.25, 0.3) is 0 Å². The van der Waals surface area contributed by atoms with Gasteiger partial charge in [0.25, 0.3) is 21.0 Å². The smallest absolute Gasteiger partial charge is 0.278 e. The first-order valence-corrected chi connectivity index (χ1v) is 5.98. The largest absolute Gasteiger partial charge is 0.320 e. The minimum Gasteiger partial charge on any atom is -0.320 e. The van der Waals surface area contributed by atoms with E-state index in [0.717, 1.165) is 0 Å². The van der Waals surface area contributed by atoms with Crippen LogP contribution in [-0.2, 0) is 9.05 Å². The van der Waals surface area contributed by atoms with E-state index in [0.29, 0.717) is 6.07 Å². The maximum Gasteiger partial charge on any atom is 0.278 e. The van der Waals surface area contributed by atoms with Gasteiger partial charge >= 0.3 is 0 Å². The Labute approximate surface area is 92.7 Å². The van der Waals surface area contributed by atoms with Gasteiger partial charge in [0.05, 0.1) is 5.69 Å². The summed E-state index contributed by atoms with van der Waals surface area (Å²) in [6.45, 7) is 0. The molecule has 0 aliphatic heterocycles. The molecule has 0 aliphatic rings. The Bertz CT molecular complexity index is 617. The lowest BCUT2D eigenvalue weighted by molar-refractivity contribution is 0.145. The first-order chi connectivity index (χ1) is 7.27. The van der Waals surface area contributed by atoms with E-state index in [9.17, 15) is 22.0 Å². The zero-order chi connectivity index (χ0) is 12.5. The third kappa shape index (κ3) is 2.37. The van der Waals surface area contributed by atoms with E-state index in [4.69, 9.17) is 15.9 Å². The molecule has 1 aromatic rings. The molecule has 1 N–H and O–H groups in total. The van der Waals surface area contributed by atoms with Gasteiger partial charge in [0, 0.05) is 10.7 Å². The molecule has 0 bridgehead atoms. The van der Waals surface area contributed by atoms with Crippen LogP contribution in [0.5, 0.6) is 0 Å². The van der Waals surface area contributed by atoms with Crippen molar-refractivity contribution in [2.75, 3.05) is 0 Å². The number of nitriles is 1. The Morgan fingerprint density at radius 3 is 2.44 bits per heavy atom. The number of alkyl halides is 2. The van der Waals surface area contributed by atoms with E-state index in [2.05, 4.69) is 0 Å². The van der Waals surface area contributed by atoms with Gasteiger partial charge in [-0.15, -0.1) is 0 Å². The predicted molar refractivity (Wildman–Crippen MR) is 49.8 cm³/mol. The van der Waals surface area contributed by atoms with Crippen molar-refractivity contribution in [1.82, 2.24) is 4.98 Å². The zero-order valence-corrected chi connectivity index (χ0v) is 8.94. The molecule has 9 heteroatoms. The SMILES string of the molecule is N#Cc1c(S(=O)(=O)Cl)cc(C(F)F)[nH]c1=O. The summed E-state index contributed by atoms with van der Waals surface area (Å²) < 4.78 is 46.4. The minimum atomic E-state index is -4.43. The monoisotopic (exact) mass is 268 g/mol. The van der Waals surface area contributed by atoms with Crippen molar-refractivity contribution < 1.29 is 17.2 Å². The van der Waals surface area contributed by atoms with Crippen molar-refractivity contribution >= 4 is 19.7 Å². The van der Waals surface area contributed by atoms with Crippen molar-refractivity contribution in [3.05, 3.63) is 27.7 Å². The number of hydrogen-bond donors (Lipinski definition) is 1. The van der Waals surface area contributed by atoms with Crippen molar-refractivity contribution in [3.8, 4) is 6.07 Å². The maximum atomic E-state index is 12.3. The molecular weight excluding hydrogens is 266 g/mol. The van der Waals surface area contributed by atoms with Gasteiger partial charge in [0.2, 0.25) is 0 Å². The Morgan fingerprint density at radius 1 is 1.50 bits per heavy atom. The molecule has 1 rings (SSSR count). The van der Waals surface area contributed by atoms with Gasteiger partial charge in [0.1, 0.15) is 16.5 Å². The fraction of sp³-hybridized carbons (Fsp3) is 0.143. The molecular formula is C7H3ClF2N2O3S. The van der Waals surface area contributed by atoms with Crippen LogP contribution >= 0.6 is 10.7 Å². The van der Waals surface area contributed by atoms with Gasteiger partial charge in [-0.25, -0.2) is 17.2 Å². The molecule has 86 valence electrons. The summed E-state index contributed by atoms with van der Waals surface area (Å²) in [5.74, 6) is 0. The van der Waals surface area contributed by atoms with Gasteiger partial charge in [-0.1, -0.05) is 0 Å². The molecule has 0 spiro atoms. The quantitative estimate of drug-likeness (QED) is 0.814. The van der Waals surface area contributed by atoms with Gasteiger partial charge < -0.3 is 4.98 Å². The highest BCUT2D eigenvalue weighted by Crippen LogP contribution is 2.22. The molecule has 0 unspecified atom stereocenters. The zero-order valence-electron chi connectivity index (χ0n) is 7.37. The first-order valence-electron chi connectivity index (χ1n) is 3.67. The third-order valence-electron chi connectivity index (χ3n) is 1.63. The number of pyridine rings is 1. The lowest BCUT2D eigenvalue weighted by atomic mass is 10.2. The summed E-state index contributed by atoms with van der Waals surface area (Å²) in [5.41, 5.74) is -2.96. The van der Waals surface area contributed by atoms with Crippen molar-refractivity contribution in [2.45, 2.75) is 11.3 Å². The average molecular weight is 269 g/mol. The average Bonchev–Trinajstić information content (AvgIpc) is 2.14. The van der Waals surface area contributed by atoms with Gasteiger partial charge in [-0.2, -0.15) is 5.26 Å². The number of H-pyrrole nitrogens is 1. The molecule has 1 heterocycles. The van der Waals surface area contributed by atoms with Crippen LogP contribution in [-0.4, -0.2) is 13.4 Å². The van der Waals surface area contributed by atoms with Crippen LogP contribution in [0.3, 0.4) is 0 Å². The van der Waals surface area contributed by atoms with Gasteiger partial charge in [-0.3, -0.25) is 4.79 Å². The summed E-state index contributed by atoms with van der Waals surface area (Å²) in [7, 11) is 0.487. The normalized spacial score (nSPS) is 11.4. The standard InChI is InChI=1S/C7H3ClF2N2O3S/c8-16(14,15)5-1-4(6(9)10)12-7(13)3(5)2-11/h1,6H,(H,12,13). The summed E-state index contributed by atoms with van der Waals surface area (Å²) in [4.78, 5) is 11.9. The molecule has 0 atom stereocenters. The Kier molecular flexibility index (Phi) is 3.30. The number of nitrogens with zero attached hydrogens (tertiary/aromatic N) is 1. The van der Waals surface area contributed by atoms with Crippen LogP contribution in [0.15, 0.2) is 15.8 Å². The van der Waals surface area contributed by atoms with E-state index in [1.807, 2.05) is 0 Å². The number of hydrogen-bond acceptors (Lipinski definition) is 4. The highest BCUT2D eigenvalue weighted by molar-refractivity contribution is 8.13. The molecule has 0 saturated carbocycles. The van der Waals surface area contributed by atoms with E-state index in [1.165, 1.54) is 6.07 Å². The van der Waals surface area contributed by atoms with Crippen molar-refractivity contribution in [2.24, 2.45) is 0 Å². The number of aromatic amines is 1. The van der Waals surface area contributed by atoms with E-state index in [1.54, 1.807) is 4.98 Å². The lowest BCUT2D eigenvalue weighted by Gasteiger charge is -2.03. The van der Waals surface area contributed by atoms with Crippen LogP contribution in [0.2, 0.25) is 0 Å². The van der Waals surface area contributed by atoms with Crippen LogP contribution in [0.4, 0.5) is 8.78 Å². The topological polar surface area (TPSA) is 90.8 Å². The molecule has 0 aliphatic carbocycles.